The molecule has 1 fully saturated rings. The maximum Gasteiger partial charge on any atom is 0.265 e. The number of hydrogen-bond acceptors (Lipinski definition) is 6. The van der Waals surface area contributed by atoms with Gasteiger partial charge in [0.2, 0.25) is 5.91 Å². The maximum atomic E-state index is 14.4. The van der Waals surface area contributed by atoms with Gasteiger partial charge in [0.1, 0.15) is 5.75 Å². The van der Waals surface area contributed by atoms with Crippen LogP contribution in [0.4, 0.5) is 5.69 Å². The van der Waals surface area contributed by atoms with Gasteiger partial charge in [0.05, 0.1) is 23.7 Å². The minimum absolute atomic E-state index is 0.104. The predicted molar refractivity (Wildman–Crippen MR) is 181 cm³/mol. The highest BCUT2D eigenvalue weighted by molar-refractivity contribution is 7.92. The van der Waals surface area contributed by atoms with E-state index in [-0.39, 0.29) is 18.7 Å². The number of nitrogens with zero attached hydrogens (tertiary/aromatic N) is 2. The quantitative estimate of drug-likeness (QED) is 0.174. The minimum Gasteiger partial charge on any atom is -0.465 e. The maximum absolute atomic E-state index is 14.4. The van der Waals surface area contributed by atoms with Crippen LogP contribution in [0.3, 0.4) is 0 Å². The van der Waals surface area contributed by atoms with Gasteiger partial charge in [0, 0.05) is 31.4 Å². The van der Waals surface area contributed by atoms with Gasteiger partial charge in [0.25, 0.3) is 10.0 Å². The Morgan fingerprint density at radius 3 is 2.41 bits per heavy atom. The van der Waals surface area contributed by atoms with Crippen molar-refractivity contribution in [3.05, 3.63) is 125 Å². The Labute approximate surface area is 272 Å². The fourth-order valence-electron chi connectivity index (χ4n) is 5.70. The van der Waals surface area contributed by atoms with Crippen LogP contribution in [0.5, 0.6) is 5.75 Å². The van der Waals surface area contributed by atoms with E-state index in [9.17, 15) is 13.2 Å². The zero-order valence-electron chi connectivity index (χ0n) is 26.6. The van der Waals surface area contributed by atoms with Crippen molar-refractivity contribution in [1.29, 1.82) is 0 Å². The average molecular weight is 640 g/mol. The number of carbonyl (C=O) groups is 1. The average Bonchev–Trinajstić information content (AvgIpc) is 3.03. The Bertz CT molecular complexity index is 1740. The molecule has 1 aliphatic heterocycles. The Morgan fingerprint density at radius 1 is 0.978 bits per heavy atom. The summed E-state index contributed by atoms with van der Waals surface area (Å²) in [6, 6.07) is 22.3. The fourth-order valence-corrected chi connectivity index (χ4v) is 7.57. The zero-order chi connectivity index (χ0) is 32.5. The zero-order valence-corrected chi connectivity index (χ0v) is 27.4. The van der Waals surface area contributed by atoms with Gasteiger partial charge in [-0.25, -0.2) is 8.42 Å². The van der Waals surface area contributed by atoms with E-state index in [1.807, 2.05) is 81.4 Å². The van der Waals surface area contributed by atoms with Crippen LogP contribution < -0.4 is 14.4 Å². The van der Waals surface area contributed by atoms with E-state index in [0.29, 0.717) is 47.0 Å². The van der Waals surface area contributed by atoms with Crippen molar-refractivity contribution in [2.24, 2.45) is 0 Å². The van der Waals surface area contributed by atoms with Crippen LogP contribution in [0, 0.1) is 20.8 Å². The van der Waals surface area contributed by atoms with Crippen LogP contribution in [0.25, 0.3) is 6.08 Å². The van der Waals surface area contributed by atoms with Crippen molar-refractivity contribution >= 4 is 27.7 Å². The van der Waals surface area contributed by atoms with Crippen LogP contribution in [0.1, 0.15) is 52.6 Å². The molecule has 1 unspecified atom stereocenters. The summed E-state index contributed by atoms with van der Waals surface area (Å²) in [5, 5.41) is 2.89. The molecule has 4 aromatic rings. The number of hydrogen-bond donors (Lipinski definition) is 1. The van der Waals surface area contributed by atoms with Gasteiger partial charge in [-0.3, -0.25) is 14.1 Å². The molecule has 5 rings (SSSR count). The summed E-state index contributed by atoms with van der Waals surface area (Å²) in [7, 11) is -3.96. The molecular formula is C37H41N3O5S. The van der Waals surface area contributed by atoms with Crippen LogP contribution in [-0.4, -0.2) is 38.8 Å². The highest BCUT2D eigenvalue weighted by Crippen LogP contribution is 2.32. The molecule has 8 nitrogen and oxygen atoms in total. The number of sulfonamides is 1. The topological polar surface area (TPSA) is 97.8 Å². The number of ether oxygens (including phenoxy) is 2. The lowest BCUT2D eigenvalue weighted by Gasteiger charge is -2.27. The molecule has 1 atom stereocenters. The molecular weight excluding hydrogens is 598 g/mol. The highest BCUT2D eigenvalue weighted by Gasteiger charge is 2.29. The lowest BCUT2D eigenvalue weighted by molar-refractivity contribution is -0.116. The smallest absolute Gasteiger partial charge is 0.265 e. The summed E-state index contributed by atoms with van der Waals surface area (Å²) in [4.78, 5) is 16.7. The van der Waals surface area contributed by atoms with Crippen molar-refractivity contribution in [3.63, 3.8) is 0 Å². The first-order valence-electron chi connectivity index (χ1n) is 15.6. The molecule has 1 saturated heterocycles. The third-order valence-electron chi connectivity index (χ3n) is 7.85. The van der Waals surface area contributed by atoms with Gasteiger partial charge in [0.15, 0.2) is 6.29 Å². The summed E-state index contributed by atoms with van der Waals surface area (Å²) >= 11 is 0. The van der Waals surface area contributed by atoms with Gasteiger partial charge in [-0.05, 0) is 110 Å². The first-order chi connectivity index (χ1) is 22.2. The summed E-state index contributed by atoms with van der Waals surface area (Å²) in [5.41, 5.74) is 5.57. The Morgan fingerprint density at radius 2 is 1.72 bits per heavy atom. The molecule has 3 aromatic carbocycles. The van der Waals surface area contributed by atoms with Crippen molar-refractivity contribution < 1.29 is 22.7 Å². The van der Waals surface area contributed by atoms with Gasteiger partial charge in [-0.1, -0.05) is 42.0 Å². The third kappa shape index (κ3) is 8.62. The van der Waals surface area contributed by atoms with Crippen LogP contribution in [0.2, 0.25) is 0 Å². The van der Waals surface area contributed by atoms with Crippen LogP contribution in [-0.2, 0) is 32.5 Å². The van der Waals surface area contributed by atoms with Gasteiger partial charge >= 0.3 is 0 Å². The number of aryl methyl sites for hydroxylation is 3. The Kier molecular flexibility index (Phi) is 10.9. The van der Waals surface area contributed by atoms with Crippen molar-refractivity contribution in [3.8, 4) is 5.75 Å². The fraction of sp³-hybridized carbons (Fsp3) is 0.297. The van der Waals surface area contributed by atoms with Crippen molar-refractivity contribution in [2.45, 2.75) is 64.2 Å². The first-order valence-corrected chi connectivity index (χ1v) is 17.1. The molecule has 1 aliphatic rings. The molecule has 9 heteroatoms. The van der Waals surface area contributed by atoms with Crippen LogP contribution >= 0.6 is 0 Å². The highest BCUT2D eigenvalue weighted by atomic mass is 32.2. The predicted octanol–water partition coefficient (Wildman–Crippen LogP) is 6.68. The molecule has 0 aliphatic carbocycles. The van der Waals surface area contributed by atoms with Gasteiger partial charge < -0.3 is 14.8 Å². The lowest BCUT2D eigenvalue weighted by atomic mass is 10.1. The molecule has 240 valence electrons. The van der Waals surface area contributed by atoms with E-state index >= 15 is 0 Å². The number of anilines is 1. The lowest BCUT2D eigenvalue weighted by Crippen LogP contribution is -2.31. The van der Waals surface area contributed by atoms with Crippen molar-refractivity contribution in [1.82, 2.24) is 10.3 Å². The number of nitrogens with one attached hydrogen (secondary N) is 1. The second kappa shape index (κ2) is 15.2. The molecule has 0 spiro atoms. The third-order valence-corrected chi connectivity index (χ3v) is 9.93. The van der Waals surface area contributed by atoms with Gasteiger partial charge in [-0.15, -0.1) is 0 Å². The Balaban J connectivity index is 1.36. The second-order valence-corrected chi connectivity index (χ2v) is 13.4. The van der Waals surface area contributed by atoms with E-state index < -0.39 is 10.0 Å². The van der Waals surface area contributed by atoms with E-state index in [1.165, 1.54) is 10.4 Å². The number of aromatic nitrogens is 1. The number of amides is 1. The summed E-state index contributed by atoms with van der Waals surface area (Å²) in [5.74, 6) is 0.442. The van der Waals surface area contributed by atoms with Gasteiger partial charge in [-0.2, -0.15) is 0 Å². The first kappa shape index (κ1) is 32.9. The second-order valence-electron chi connectivity index (χ2n) is 11.6. The molecule has 1 amide bonds. The normalized spacial score (nSPS) is 15.1. The van der Waals surface area contributed by atoms with E-state index in [4.69, 9.17) is 9.47 Å². The van der Waals surface area contributed by atoms with Crippen molar-refractivity contribution in [2.75, 3.05) is 17.5 Å². The number of pyridine rings is 1. The number of carbonyl (C=O) groups excluding carboxylic acids is 1. The monoisotopic (exact) mass is 639 g/mol. The summed E-state index contributed by atoms with van der Waals surface area (Å²) < 4.78 is 42.1. The Hall–Kier alpha value is -4.47. The molecule has 46 heavy (non-hydrogen) atoms. The summed E-state index contributed by atoms with van der Waals surface area (Å²) in [6.07, 6.45) is 9.97. The van der Waals surface area contributed by atoms with E-state index in [1.54, 1.807) is 30.6 Å². The van der Waals surface area contributed by atoms with Crippen LogP contribution in [0.15, 0.2) is 96.2 Å². The number of benzene rings is 3. The standard InChI is InChI=1S/C37H41N3O5S/c1-27-23-28(2)37(29(3)24-27)46(42,43)40(26-32-7-6-8-34(25-32)45-36-9-4-5-22-44-36)33-13-10-30(11-14-33)12-15-35(41)39-21-18-31-16-19-38-20-17-31/h6-8,10-17,19-20,23-25,36H,4-5,9,18,21-22,26H2,1-3H3,(H,39,41). The molecule has 1 N–H and O–H groups in total. The molecule has 0 bridgehead atoms. The largest absolute Gasteiger partial charge is 0.465 e. The van der Waals surface area contributed by atoms with E-state index in [0.717, 1.165) is 41.5 Å². The molecule has 0 saturated carbocycles. The molecule has 2 heterocycles. The minimum atomic E-state index is -3.96. The SMILES string of the molecule is Cc1cc(C)c(S(=O)(=O)N(Cc2cccc(OC3CCCCO3)c2)c2ccc(C=CC(=O)NCCc3ccncc3)cc2)c(C)c1. The molecule has 0 radical (unpaired) electrons. The number of rotatable bonds is 12. The van der Waals surface area contributed by atoms with E-state index in [2.05, 4.69) is 10.3 Å². The summed E-state index contributed by atoms with van der Waals surface area (Å²) in [6.45, 7) is 6.92. The molecule has 1 aromatic heterocycles.